The van der Waals surface area contributed by atoms with Crippen molar-refractivity contribution in [3.8, 4) is 5.69 Å². The second-order valence-electron chi connectivity index (χ2n) is 8.45. The van der Waals surface area contributed by atoms with Gasteiger partial charge in [-0.15, -0.1) is 0 Å². The van der Waals surface area contributed by atoms with E-state index in [1.165, 1.54) is 24.6 Å². The zero-order valence-electron chi connectivity index (χ0n) is 18.5. The second kappa shape index (κ2) is 8.83. The lowest BCUT2D eigenvalue weighted by Gasteiger charge is -2.22. The summed E-state index contributed by atoms with van der Waals surface area (Å²) >= 11 is 1.50. The number of benzene rings is 2. The SMILES string of the molecule is Cc1cc(C=C2SC(=Nc3ccccc3)N(C3CCCC3)C2=O)c(C)n1-c1ccccc1. The molecule has 2 fully saturated rings. The molecule has 4 nitrogen and oxygen atoms in total. The van der Waals surface area contributed by atoms with Crippen molar-refractivity contribution in [1.29, 1.82) is 0 Å². The zero-order valence-corrected chi connectivity index (χ0v) is 19.3. The number of amidine groups is 1. The van der Waals surface area contributed by atoms with E-state index in [1.807, 2.05) is 47.4 Å². The van der Waals surface area contributed by atoms with Crippen molar-refractivity contribution in [1.82, 2.24) is 9.47 Å². The van der Waals surface area contributed by atoms with Crippen LogP contribution in [0.15, 0.2) is 76.6 Å². The molecule has 0 spiro atoms. The number of carbonyl (C=O) groups excluding carboxylic acids is 1. The Morgan fingerprint density at radius 2 is 1.62 bits per heavy atom. The van der Waals surface area contributed by atoms with Crippen LogP contribution in [0.2, 0.25) is 0 Å². The number of nitrogens with zero attached hydrogens (tertiary/aromatic N) is 3. The van der Waals surface area contributed by atoms with Crippen molar-refractivity contribution < 1.29 is 4.79 Å². The third-order valence-corrected chi connectivity index (χ3v) is 7.26. The van der Waals surface area contributed by atoms with Crippen molar-refractivity contribution >= 4 is 34.6 Å². The van der Waals surface area contributed by atoms with Crippen molar-refractivity contribution in [2.75, 3.05) is 0 Å². The fourth-order valence-corrected chi connectivity index (χ4v) is 5.76. The van der Waals surface area contributed by atoms with E-state index in [9.17, 15) is 4.79 Å². The number of amides is 1. The highest BCUT2D eigenvalue weighted by Crippen LogP contribution is 2.39. The Hall–Kier alpha value is -3.05. The molecule has 0 atom stereocenters. The Kier molecular flexibility index (Phi) is 5.75. The summed E-state index contributed by atoms with van der Waals surface area (Å²) in [4.78, 5) is 21.1. The molecule has 3 aromatic rings. The van der Waals surface area contributed by atoms with Gasteiger partial charge in [-0.25, -0.2) is 4.99 Å². The van der Waals surface area contributed by atoms with Gasteiger partial charge in [0.25, 0.3) is 5.91 Å². The molecule has 1 aromatic heterocycles. The molecule has 5 rings (SSSR count). The van der Waals surface area contributed by atoms with Gasteiger partial charge in [0.05, 0.1) is 10.6 Å². The predicted molar refractivity (Wildman–Crippen MR) is 133 cm³/mol. The molecular weight excluding hydrogens is 414 g/mol. The van der Waals surface area contributed by atoms with Gasteiger partial charge in [0, 0.05) is 23.1 Å². The molecule has 5 heteroatoms. The van der Waals surface area contributed by atoms with E-state index in [2.05, 4.69) is 48.7 Å². The Morgan fingerprint density at radius 3 is 2.31 bits per heavy atom. The predicted octanol–water partition coefficient (Wildman–Crippen LogP) is 6.64. The summed E-state index contributed by atoms with van der Waals surface area (Å²) in [5.74, 6) is 0.0843. The molecule has 0 radical (unpaired) electrons. The van der Waals surface area contributed by atoms with Crippen LogP contribution in [0.1, 0.15) is 42.6 Å². The van der Waals surface area contributed by atoms with Crippen LogP contribution in [0.25, 0.3) is 11.8 Å². The number of hydrogen-bond donors (Lipinski definition) is 0. The van der Waals surface area contributed by atoms with Crippen molar-refractivity contribution in [2.24, 2.45) is 4.99 Å². The maximum atomic E-state index is 13.5. The minimum Gasteiger partial charge on any atom is -0.318 e. The van der Waals surface area contributed by atoms with E-state index in [0.29, 0.717) is 0 Å². The van der Waals surface area contributed by atoms with Crippen LogP contribution in [-0.2, 0) is 4.79 Å². The Morgan fingerprint density at radius 1 is 0.969 bits per heavy atom. The maximum absolute atomic E-state index is 13.5. The van der Waals surface area contributed by atoms with E-state index < -0.39 is 0 Å². The third kappa shape index (κ3) is 3.93. The monoisotopic (exact) mass is 441 g/mol. The number of para-hydroxylation sites is 2. The molecule has 2 heterocycles. The summed E-state index contributed by atoms with van der Waals surface area (Å²) in [5, 5.41) is 0.802. The normalized spacial score (nSPS) is 19.6. The molecule has 2 aliphatic rings. The minimum absolute atomic E-state index is 0.0843. The largest absolute Gasteiger partial charge is 0.318 e. The number of aromatic nitrogens is 1. The lowest BCUT2D eigenvalue weighted by molar-refractivity contribution is -0.123. The van der Waals surface area contributed by atoms with Crippen molar-refractivity contribution in [3.05, 3.63) is 88.6 Å². The van der Waals surface area contributed by atoms with Crippen LogP contribution < -0.4 is 0 Å². The number of rotatable bonds is 4. The molecule has 162 valence electrons. The van der Waals surface area contributed by atoms with Crippen molar-refractivity contribution in [3.63, 3.8) is 0 Å². The highest BCUT2D eigenvalue weighted by atomic mass is 32.2. The van der Waals surface area contributed by atoms with E-state index >= 15 is 0 Å². The molecule has 1 saturated carbocycles. The summed E-state index contributed by atoms with van der Waals surface area (Å²) in [6, 6.07) is 22.7. The molecule has 1 amide bonds. The molecular formula is C27H27N3OS. The maximum Gasteiger partial charge on any atom is 0.267 e. The lowest BCUT2D eigenvalue weighted by atomic mass is 10.2. The molecule has 32 heavy (non-hydrogen) atoms. The van der Waals surface area contributed by atoms with E-state index in [0.717, 1.165) is 51.2 Å². The van der Waals surface area contributed by atoms with Crippen LogP contribution in [0.5, 0.6) is 0 Å². The Labute approximate surface area is 193 Å². The molecule has 1 saturated heterocycles. The van der Waals surface area contributed by atoms with Crippen LogP contribution in [0, 0.1) is 13.8 Å². The summed E-state index contributed by atoms with van der Waals surface area (Å²) in [5.41, 5.74) is 5.39. The van der Waals surface area contributed by atoms with Gasteiger partial charge in [-0.05, 0) is 80.4 Å². The van der Waals surface area contributed by atoms with Gasteiger partial charge in [0.1, 0.15) is 0 Å². The molecule has 2 aromatic carbocycles. The Bertz CT molecular complexity index is 1190. The van der Waals surface area contributed by atoms with Gasteiger partial charge in [-0.1, -0.05) is 49.2 Å². The topological polar surface area (TPSA) is 37.6 Å². The number of carbonyl (C=O) groups is 1. The molecule has 0 bridgehead atoms. The number of hydrogen-bond acceptors (Lipinski definition) is 3. The van der Waals surface area contributed by atoms with Gasteiger partial charge in [-0.3, -0.25) is 9.69 Å². The molecule has 0 N–H and O–H groups in total. The summed E-state index contributed by atoms with van der Waals surface area (Å²) < 4.78 is 2.24. The van der Waals surface area contributed by atoms with Gasteiger partial charge >= 0.3 is 0 Å². The molecule has 0 unspecified atom stereocenters. The van der Waals surface area contributed by atoms with E-state index in [-0.39, 0.29) is 11.9 Å². The quantitative estimate of drug-likeness (QED) is 0.426. The molecule has 1 aliphatic heterocycles. The average molecular weight is 442 g/mol. The fourth-order valence-electron chi connectivity index (χ4n) is 4.71. The van der Waals surface area contributed by atoms with Crippen LogP contribution in [0.3, 0.4) is 0 Å². The first-order chi connectivity index (χ1) is 15.6. The van der Waals surface area contributed by atoms with Gasteiger partial charge in [-0.2, -0.15) is 0 Å². The third-order valence-electron chi connectivity index (χ3n) is 6.28. The van der Waals surface area contributed by atoms with Crippen LogP contribution in [-0.4, -0.2) is 26.6 Å². The van der Waals surface area contributed by atoms with Crippen molar-refractivity contribution in [2.45, 2.75) is 45.6 Å². The van der Waals surface area contributed by atoms with Gasteiger partial charge in [0.2, 0.25) is 0 Å². The Balaban J connectivity index is 1.53. The number of aliphatic imine (C=N–C) groups is 1. The lowest BCUT2D eigenvalue weighted by Crippen LogP contribution is -2.37. The van der Waals surface area contributed by atoms with Crippen LogP contribution in [0.4, 0.5) is 5.69 Å². The zero-order chi connectivity index (χ0) is 22.1. The van der Waals surface area contributed by atoms with E-state index in [4.69, 9.17) is 4.99 Å². The summed E-state index contributed by atoms with van der Waals surface area (Å²) in [6.07, 6.45) is 6.50. The highest BCUT2D eigenvalue weighted by Gasteiger charge is 2.39. The van der Waals surface area contributed by atoms with Crippen LogP contribution >= 0.6 is 11.8 Å². The first-order valence-electron chi connectivity index (χ1n) is 11.2. The summed E-state index contributed by atoms with van der Waals surface area (Å²) in [6.45, 7) is 4.23. The molecule has 1 aliphatic carbocycles. The first-order valence-corrected chi connectivity index (χ1v) is 12.0. The van der Waals surface area contributed by atoms with E-state index in [1.54, 1.807) is 0 Å². The highest BCUT2D eigenvalue weighted by molar-refractivity contribution is 8.18. The average Bonchev–Trinajstić information content (AvgIpc) is 3.49. The first kappa shape index (κ1) is 20.8. The summed E-state index contributed by atoms with van der Waals surface area (Å²) in [7, 11) is 0. The second-order valence-corrected chi connectivity index (χ2v) is 9.46. The number of thioether (sulfide) groups is 1. The fraction of sp³-hybridized carbons (Fsp3) is 0.259. The smallest absolute Gasteiger partial charge is 0.267 e. The van der Waals surface area contributed by atoms with Gasteiger partial charge < -0.3 is 4.57 Å². The number of aryl methyl sites for hydroxylation is 1. The standard InChI is InChI=1S/C27H27N3OS/c1-19-17-21(20(2)29(19)23-13-7-4-8-14-23)18-25-26(31)30(24-15-9-10-16-24)27(32-25)28-22-11-5-3-6-12-22/h3-8,11-14,17-18,24H,9-10,15-16H2,1-2H3. The van der Waals surface area contributed by atoms with Gasteiger partial charge in [0.15, 0.2) is 5.17 Å². The minimum atomic E-state index is 0.0843.